The number of rotatable bonds is 6. The lowest BCUT2D eigenvalue weighted by atomic mass is 9.96. The lowest BCUT2D eigenvalue weighted by molar-refractivity contribution is 0.0697. The zero-order chi connectivity index (χ0) is 15.9. The summed E-state index contributed by atoms with van der Waals surface area (Å²) in [6.07, 6.45) is 5.71. The van der Waals surface area contributed by atoms with Crippen molar-refractivity contribution in [3.8, 4) is 0 Å². The number of aromatic nitrogens is 2. The summed E-state index contributed by atoms with van der Waals surface area (Å²) in [6, 6.07) is 0. The summed E-state index contributed by atoms with van der Waals surface area (Å²) in [6.45, 7) is 2.83. The van der Waals surface area contributed by atoms with Crippen LogP contribution in [-0.4, -0.2) is 44.5 Å². The molecule has 0 aliphatic heterocycles. The molecule has 7 nitrogen and oxygen atoms in total. The second kappa shape index (κ2) is 7.84. The molecule has 0 saturated heterocycles. The number of aromatic carboxylic acids is 1. The topological polar surface area (TPSA) is 108 Å². The van der Waals surface area contributed by atoms with Crippen LogP contribution in [0.1, 0.15) is 55.8 Å². The quantitative estimate of drug-likeness (QED) is 0.696. The fourth-order valence-corrected chi connectivity index (χ4v) is 2.27. The second-order valence-electron chi connectivity index (χ2n) is 5.43. The maximum Gasteiger partial charge on any atom is 0.341 e. The number of aliphatic hydroxyl groups excluding tert-OH is 1. The van der Waals surface area contributed by atoms with Crippen molar-refractivity contribution >= 4 is 23.4 Å². The number of unbranched alkanes of at least 4 members (excludes halogenated alkanes) is 1. The first-order valence-electron chi connectivity index (χ1n) is 7.69. The molecule has 1 aliphatic carbocycles. The zero-order valence-electron chi connectivity index (χ0n) is 12.7. The van der Waals surface area contributed by atoms with Crippen molar-refractivity contribution in [1.82, 2.24) is 9.97 Å². The van der Waals surface area contributed by atoms with Gasteiger partial charge in [0.2, 0.25) is 5.95 Å². The molecule has 0 radical (unpaired) electrons. The van der Waals surface area contributed by atoms with Gasteiger partial charge in [0, 0.05) is 18.5 Å². The Balaban J connectivity index is 2.20. The number of carboxylic acid groups (broad SMARTS) is 1. The van der Waals surface area contributed by atoms with E-state index in [0.717, 1.165) is 25.1 Å². The monoisotopic (exact) mass is 306 g/mol. The van der Waals surface area contributed by atoms with Gasteiger partial charge in [0.25, 0.3) is 0 Å². The zero-order valence-corrected chi connectivity index (χ0v) is 12.7. The van der Waals surface area contributed by atoms with Crippen molar-refractivity contribution in [2.24, 2.45) is 4.99 Å². The van der Waals surface area contributed by atoms with E-state index < -0.39 is 5.97 Å². The minimum absolute atomic E-state index is 0.000312. The number of hydrogen-bond donors (Lipinski definition) is 3. The molecule has 3 N–H and O–H groups in total. The third-order valence-electron chi connectivity index (χ3n) is 3.61. The van der Waals surface area contributed by atoms with Gasteiger partial charge in [-0.15, -0.1) is 0 Å². The molecule has 2 rings (SSSR count). The minimum atomic E-state index is -1.09. The van der Waals surface area contributed by atoms with E-state index in [1.165, 1.54) is 6.20 Å². The second-order valence-corrected chi connectivity index (χ2v) is 5.43. The normalized spacial score (nSPS) is 18.1. The summed E-state index contributed by atoms with van der Waals surface area (Å²) in [7, 11) is 0. The summed E-state index contributed by atoms with van der Waals surface area (Å²) in [5.74, 6) is -0.503. The van der Waals surface area contributed by atoms with Crippen molar-refractivity contribution in [3.05, 3.63) is 11.8 Å². The Morgan fingerprint density at radius 3 is 2.82 bits per heavy atom. The van der Waals surface area contributed by atoms with Gasteiger partial charge in [-0.25, -0.2) is 14.8 Å². The first-order chi connectivity index (χ1) is 10.6. The molecule has 1 fully saturated rings. The van der Waals surface area contributed by atoms with Crippen LogP contribution in [0.25, 0.3) is 0 Å². The molecule has 1 saturated carbocycles. The lowest BCUT2D eigenvalue weighted by Gasteiger charge is -2.18. The van der Waals surface area contributed by atoms with Crippen LogP contribution >= 0.6 is 0 Å². The minimum Gasteiger partial charge on any atom is -0.477 e. The maximum atomic E-state index is 11.3. The summed E-state index contributed by atoms with van der Waals surface area (Å²) < 4.78 is 0. The van der Waals surface area contributed by atoms with E-state index in [1.807, 2.05) is 0 Å². The van der Waals surface area contributed by atoms with Crippen LogP contribution < -0.4 is 5.32 Å². The van der Waals surface area contributed by atoms with Gasteiger partial charge in [0.05, 0.1) is 6.10 Å². The summed E-state index contributed by atoms with van der Waals surface area (Å²) in [5, 5.41) is 21.8. The Morgan fingerprint density at radius 2 is 2.18 bits per heavy atom. The molecule has 1 heterocycles. The highest BCUT2D eigenvalue weighted by Gasteiger charge is 2.18. The van der Waals surface area contributed by atoms with Crippen LogP contribution in [-0.2, 0) is 0 Å². The molecule has 1 aromatic heterocycles. The van der Waals surface area contributed by atoms with Crippen LogP contribution in [0.5, 0.6) is 0 Å². The number of nitrogens with one attached hydrogen (secondary N) is 1. The molecule has 0 aromatic carbocycles. The molecule has 22 heavy (non-hydrogen) atoms. The molecular weight excluding hydrogens is 284 g/mol. The fraction of sp³-hybridized carbons (Fsp3) is 0.600. The Morgan fingerprint density at radius 1 is 1.45 bits per heavy atom. The Bertz CT molecular complexity index is 550. The molecule has 0 bridgehead atoms. The Kier molecular flexibility index (Phi) is 5.83. The van der Waals surface area contributed by atoms with E-state index >= 15 is 0 Å². The number of aliphatic hydroxyl groups is 1. The van der Waals surface area contributed by atoms with E-state index in [1.54, 1.807) is 0 Å². The van der Waals surface area contributed by atoms with Gasteiger partial charge in [-0.3, -0.25) is 0 Å². The molecule has 7 heteroatoms. The van der Waals surface area contributed by atoms with Gasteiger partial charge in [0.15, 0.2) is 5.82 Å². The number of hydrogen-bond acceptors (Lipinski definition) is 6. The first kappa shape index (κ1) is 16.4. The molecule has 120 valence electrons. The third kappa shape index (κ3) is 4.49. The number of carbonyl (C=O) groups is 1. The standard InChI is InChI=1S/C15H22N4O3/c1-2-3-8-16-15-17-9-12(14(21)22)13(19-15)18-10-4-6-11(20)7-5-10/h9,11,20H,2-8H2,1H3,(H,21,22)(H,16,17,19). The van der Waals surface area contributed by atoms with Gasteiger partial charge in [-0.1, -0.05) is 13.3 Å². The number of anilines is 1. The molecule has 1 aromatic rings. The highest BCUT2D eigenvalue weighted by atomic mass is 16.4. The van der Waals surface area contributed by atoms with E-state index in [4.69, 9.17) is 0 Å². The Hall–Kier alpha value is -2.02. The first-order valence-corrected chi connectivity index (χ1v) is 7.69. The fourth-order valence-electron chi connectivity index (χ4n) is 2.27. The van der Waals surface area contributed by atoms with Crippen LogP contribution in [0, 0.1) is 0 Å². The van der Waals surface area contributed by atoms with Crippen LogP contribution in [0.2, 0.25) is 0 Å². The molecule has 1 aliphatic rings. The average molecular weight is 306 g/mol. The predicted molar refractivity (Wildman–Crippen MR) is 84.0 cm³/mol. The number of nitrogens with zero attached hydrogens (tertiary/aromatic N) is 3. The van der Waals surface area contributed by atoms with Crippen molar-refractivity contribution in [2.45, 2.75) is 51.6 Å². The van der Waals surface area contributed by atoms with E-state index in [2.05, 4.69) is 27.2 Å². The van der Waals surface area contributed by atoms with Gasteiger partial charge in [0.1, 0.15) is 5.56 Å². The highest BCUT2D eigenvalue weighted by Crippen LogP contribution is 2.22. The van der Waals surface area contributed by atoms with E-state index in [0.29, 0.717) is 31.6 Å². The van der Waals surface area contributed by atoms with Crippen LogP contribution in [0.4, 0.5) is 11.8 Å². The van der Waals surface area contributed by atoms with Crippen LogP contribution in [0.3, 0.4) is 0 Å². The molecule has 0 amide bonds. The SMILES string of the molecule is CCCCNc1ncc(C(=O)O)c(N=C2CCC(O)CC2)n1. The molecule has 0 atom stereocenters. The average Bonchev–Trinajstić information content (AvgIpc) is 2.50. The number of aliphatic imine (C=N–C) groups is 1. The van der Waals surface area contributed by atoms with Crippen molar-refractivity contribution < 1.29 is 15.0 Å². The molecular formula is C15H22N4O3. The highest BCUT2D eigenvalue weighted by molar-refractivity contribution is 5.95. The van der Waals surface area contributed by atoms with E-state index in [9.17, 15) is 15.0 Å². The van der Waals surface area contributed by atoms with Crippen molar-refractivity contribution in [3.63, 3.8) is 0 Å². The summed E-state index contributed by atoms with van der Waals surface area (Å²) >= 11 is 0. The van der Waals surface area contributed by atoms with Gasteiger partial charge in [-0.05, 0) is 32.1 Å². The maximum absolute atomic E-state index is 11.3. The van der Waals surface area contributed by atoms with Gasteiger partial charge >= 0.3 is 5.97 Å². The van der Waals surface area contributed by atoms with Gasteiger partial charge in [-0.2, -0.15) is 4.98 Å². The lowest BCUT2D eigenvalue weighted by Crippen LogP contribution is -2.18. The summed E-state index contributed by atoms with van der Waals surface area (Å²) in [4.78, 5) is 23.9. The third-order valence-corrected chi connectivity index (χ3v) is 3.61. The number of carboxylic acids is 1. The predicted octanol–water partition coefficient (Wildman–Crippen LogP) is 2.39. The van der Waals surface area contributed by atoms with Crippen molar-refractivity contribution in [2.75, 3.05) is 11.9 Å². The van der Waals surface area contributed by atoms with Crippen LogP contribution in [0.15, 0.2) is 11.2 Å². The Labute approximate surface area is 129 Å². The van der Waals surface area contributed by atoms with Gasteiger partial charge < -0.3 is 15.5 Å². The summed E-state index contributed by atoms with van der Waals surface area (Å²) in [5.41, 5.74) is 0.880. The van der Waals surface area contributed by atoms with E-state index in [-0.39, 0.29) is 17.5 Å². The molecule has 0 spiro atoms. The molecule has 0 unspecified atom stereocenters. The van der Waals surface area contributed by atoms with Crippen molar-refractivity contribution in [1.29, 1.82) is 0 Å². The smallest absolute Gasteiger partial charge is 0.341 e. The largest absolute Gasteiger partial charge is 0.477 e.